The first-order valence-corrected chi connectivity index (χ1v) is 38.7. The van der Waals surface area contributed by atoms with Crippen molar-refractivity contribution in [2.24, 2.45) is 5.73 Å². The number of primary amides is 1. The summed E-state index contributed by atoms with van der Waals surface area (Å²) < 4.78 is 42.2. The molecule has 11 rings (SSSR count). The van der Waals surface area contributed by atoms with E-state index in [0.29, 0.717) is 71.8 Å². The summed E-state index contributed by atoms with van der Waals surface area (Å²) in [5.74, 6) is -4.20. The van der Waals surface area contributed by atoms with Crippen molar-refractivity contribution in [2.45, 2.75) is 52.7 Å². The van der Waals surface area contributed by atoms with E-state index in [1.807, 2.05) is 0 Å². The summed E-state index contributed by atoms with van der Waals surface area (Å²) in [6.07, 6.45) is 5.63. The fraction of sp³-hybridized carbons (Fsp3) is 0.212. The fourth-order valence-corrected chi connectivity index (χ4v) is 11.9. The number of aromatic nitrogens is 4. The summed E-state index contributed by atoms with van der Waals surface area (Å²) in [4.78, 5) is 134. The van der Waals surface area contributed by atoms with Gasteiger partial charge in [0.15, 0.2) is 0 Å². The number of ether oxygens (including phenoxy) is 8. The van der Waals surface area contributed by atoms with Crippen molar-refractivity contribution < 1.29 is 90.6 Å². The van der Waals surface area contributed by atoms with Gasteiger partial charge >= 0.3 is 48.0 Å². The van der Waals surface area contributed by atoms with Crippen molar-refractivity contribution in [2.75, 3.05) is 102 Å². The van der Waals surface area contributed by atoms with Gasteiger partial charge in [-0.1, -0.05) is 81.7 Å². The molecule has 0 aliphatic carbocycles. The minimum atomic E-state index is -0.606. The maximum Gasteiger partial charge on any atom is 0.414 e. The van der Waals surface area contributed by atoms with Gasteiger partial charge in [0, 0.05) is 97.0 Å². The molecular formula is C85H84BrCl6N11O19. The zero-order chi connectivity index (χ0) is 90.9. The van der Waals surface area contributed by atoms with Gasteiger partial charge in [-0.25, -0.2) is 47.4 Å². The number of hydrogen-bond acceptors (Lipinski definition) is 23. The highest BCUT2D eigenvalue weighted by Gasteiger charge is 2.26. The molecule has 0 fully saturated rings. The molecule has 4 heterocycles. The van der Waals surface area contributed by atoms with E-state index in [4.69, 9.17) is 100 Å². The Hall–Kier alpha value is -12.5. The van der Waals surface area contributed by atoms with Crippen LogP contribution in [0.4, 0.5) is 43.7 Å². The molecule has 5 amide bonds. The maximum absolute atomic E-state index is 13.2. The van der Waals surface area contributed by atoms with Crippen LogP contribution in [0.5, 0.6) is 0 Å². The van der Waals surface area contributed by atoms with Gasteiger partial charge in [-0.3, -0.25) is 24.6 Å². The van der Waals surface area contributed by atoms with Gasteiger partial charge < -0.3 is 64.5 Å². The third-order valence-corrected chi connectivity index (χ3v) is 19.1. The summed E-state index contributed by atoms with van der Waals surface area (Å²) in [7, 11) is 14.2. The Balaban J connectivity index is 0.000000234. The smallest absolute Gasteiger partial charge is 0.414 e. The number of carbonyl (C=O) groups is 11. The molecule has 7 aromatic carbocycles. The number of hydrogen-bond donors (Lipinski definition) is 4. The van der Waals surface area contributed by atoms with Gasteiger partial charge in [-0.15, -0.1) is 0 Å². The number of nitrogens with zero attached hydrogens (tertiary/aromatic N) is 7. The number of amides is 5. The normalized spacial score (nSPS) is 10.5. The number of benzene rings is 7. The van der Waals surface area contributed by atoms with Gasteiger partial charge in [-0.05, 0) is 209 Å². The van der Waals surface area contributed by atoms with Crippen LogP contribution < -0.4 is 36.8 Å². The number of halogens is 7. The first-order chi connectivity index (χ1) is 57.4. The van der Waals surface area contributed by atoms with E-state index in [9.17, 15) is 52.7 Å². The molecule has 0 spiro atoms. The predicted octanol–water partition coefficient (Wildman–Crippen LogP) is 18.5. The molecule has 6 N–H and O–H groups in total. The molecule has 0 aliphatic rings. The number of rotatable bonds is 15. The third-order valence-electron chi connectivity index (χ3n) is 16.5. The number of anilines is 6. The lowest BCUT2D eigenvalue weighted by Crippen LogP contribution is -2.34. The van der Waals surface area contributed by atoms with Crippen LogP contribution in [-0.4, -0.2) is 167 Å². The van der Waals surface area contributed by atoms with Crippen LogP contribution in [-0.2, 0) is 37.9 Å². The standard InChI is InChI=1S/C24H19ClN4O4.C17H13BrClN3O3.C14H18ClNO4.C13H16ClNO4.C9H10ClNO2.C8H8ClNO2/c1-28(17-7-8-20(25)18(12-17)24(32)33-2)23(31)16-9-10-29-21(11-16)19(13-27-29)14-3-5-15(6-4-14)22(26)30;1-21(11-3-4-14(19)12(8-11)17(24)25-2)16(23)10-5-6-22-15(7-10)13(18)9-20-22;1-14(2,3)20-13(18)16(4)9-6-7-11(15)10(8-9)12(17)19-5;1-13(2,3)19-12(17)15-8-5-6-10(14)9(7-8)11(16)18-4;1-11-6-3-4-8(10)7(5-6)9(12)13-2;1-12-8(11)6-4-5(10)2-3-7(6)9/h3-13H,1-2H3,(H2,26,30);3-9H,1-2H3;6-8H,1-5H3;5-7H,1-4H3,(H,15,17);3-5,11H,1-2H3;2-4H,10H2,1H3. The van der Waals surface area contributed by atoms with Gasteiger partial charge in [0.1, 0.15) is 11.2 Å². The molecular weight excluding hydrogens is 1770 g/mol. The highest BCUT2D eigenvalue weighted by molar-refractivity contribution is 9.10. The largest absolute Gasteiger partial charge is 0.465 e. The molecule has 0 unspecified atom stereocenters. The van der Waals surface area contributed by atoms with Crippen molar-refractivity contribution in [1.29, 1.82) is 0 Å². The highest BCUT2D eigenvalue weighted by atomic mass is 79.9. The summed E-state index contributed by atoms with van der Waals surface area (Å²) >= 11 is 38.8. The van der Waals surface area contributed by atoms with E-state index < -0.39 is 65.1 Å². The molecule has 11 aromatic rings. The monoisotopic (exact) mass is 1850 g/mol. The lowest BCUT2D eigenvalue weighted by atomic mass is 10.0. The molecule has 0 saturated heterocycles. The Morgan fingerprint density at radius 3 is 1.15 bits per heavy atom. The molecule has 0 radical (unpaired) electrons. The van der Waals surface area contributed by atoms with Crippen LogP contribution in [0.25, 0.3) is 22.2 Å². The van der Waals surface area contributed by atoms with Crippen LogP contribution >= 0.6 is 85.5 Å². The lowest BCUT2D eigenvalue weighted by molar-refractivity contribution is 0.0578. The number of nitrogens with one attached hydrogen (secondary N) is 2. The van der Waals surface area contributed by atoms with Gasteiger partial charge in [0.2, 0.25) is 5.91 Å². The van der Waals surface area contributed by atoms with Gasteiger partial charge in [0.05, 0.1) is 134 Å². The fourth-order valence-electron chi connectivity index (χ4n) is 10.3. The maximum atomic E-state index is 13.2. The lowest BCUT2D eigenvalue weighted by Gasteiger charge is -2.25. The summed E-state index contributed by atoms with van der Waals surface area (Å²) in [5, 5.41) is 15.7. The molecule has 0 saturated carbocycles. The second-order valence-electron chi connectivity index (χ2n) is 27.2. The van der Waals surface area contributed by atoms with E-state index in [1.165, 1.54) is 99.8 Å². The second kappa shape index (κ2) is 44.7. The average molecular weight is 1860 g/mol. The van der Waals surface area contributed by atoms with E-state index in [2.05, 4.69) is 55.7 Å². The van der Waals surface area contributed by atoms with E-state index in [1.54, 1.807) is 219 Å². The third kappa shape index (κ3) is 27.3. The molecule has 0 atom stereocenters. The van der Waals surface area contributed by atoms with Crippen LogP contribution in [0.3, 0.4) is 0 Å². The van der Waals surface area contributed by atoms with Crippen molar-refractivity contribution in [1.82, 2.24) is 19.2 Å². The van der Waals surface area contributed by atoms with E-state index in [-0.39, 0.29) is 54.2 Å². The van der Waals surface area contributed by atoms with E-state index >= 15 is 0 Å². The minimum Gasteiger partial charge on any atom is -0.465 e. The Morgan fingerprint density at radius 1 is 0.410 bits per heavy atom. The van der Waals surface area contributed by atoms with Crippen LogP contribution in [0, 0.1) is 0 Å². The molecule has 0 aliphatic heterocycles. The quantitative estimate of drug-likeness (QED) is 0.0421. The number of nitrogens with two attached hydrogens (primary N) is 2. The minimum absolute atomic E-state index is 0.171. The molecule has 4 aromatic heterocycles. The van der Waals surface area contributed by atoms with Crippen molar-refractivity contribution in [3.8, 4) is 11.1 Å². The number of carbonyl (C=O) groups excluding carboxylic acids is 11. The van der Waals surface area contributed by atoms with Gasteiger partial charge in [-0.2, -0.15) is 10.2 Å². The summed E-state index contributed by atoms with van der Waals surface area (Å²) in [5.41, 5.74) is 18.6. The topological polar surface area (TPSA) is 382 Å². The molecule has 37 heteroatoms. The molecule has 0 bridgehead atoms. The van der Waals surface area contributed by atoms with Crippen molar-refractivity contribution >= 4 is 196 Å². The second-order valence-corrected chi connectivity index (χ2v) is 30.5. The van der Waals surface area contributed by atoms with Crippen LogP contribution in [0.1, 0.15) is 135 Å². The highest BCUT2D eigenvalue weighted by Crippen LogP contribution is 2.32. The number of methoxy groups -OCH3 is 6. The number of pyridine rings is 2. The number of esters is 6. The Bertz CT molecular complexity index is 5720. The SMILES string of the molecule is CNc1ccc(Cl)c(C(=O)OC)c1.COC(=O)c1cc(N(C)C(=O)OC(C)(C)C)ccc1Cl.COC(=O)c1cc(N(C)C(=O)c2ccn3ncc(-c4ccc(C(N)=O)cc4)c3c2)ccc1Cl.COC(=O)c1cc(N(C)C(=O)c2ccn3ncc(Br)c3c2)ccc1Cl.COC(=O)c1cc(N)ccc1Cl.COC(=O)c1cc(NC(=O)OC(C)(C)C)ccc1Cl. The average Bonchev–Trinajstić information content (AvgIpc) is 1.55. The van der Waals surface area contributed by atoms with Crippen molar-refractivity contribution in [3.05, 3.63) is 267 Å². The zero-order valence-corrected chi connectivity index (χ0v) is 74.6. The Kier molecular flexibility index (Phi) is 36.0. The van der Waals surface area contributed by atoms with E-state index in [0.717, 1.165) is 26.8 Å². The first kappa shape index (κ1) is 98.3. The molecule has 642 valence electrons. The van der Waals surface area contributed by atoms with Crippen molar-refractivity contribution in [3.63, 3.8) is 0 Å². The summed E-state index contributed by atoms with van der Waals surface area (Å²) in [6.45, 7) is 10.6. The summed E-state index contributed by atoms with van der Waals surface area (Å²) in [6, 6.07) is 42.0. The van der Waals surface area contributed by atoms with Crippen LogP contribution in [0.15, 0.2) is 187 Å². The predicted molar refractivity (Wildman–Crippen MR) is 473 cm³/mol. The Labute approximate surface area is 740 Å². The zero-order valence-electron chi connectivity index (χ0n) is 68.5. The molecule has 30 nitrogen and oxygen atoms in total. The van der Waals surface area contributed by atoms with Gasteiger partial charge in [0.25, 0.3) is 11.8 Å². The Morgan fingerprint density at radius 2 is 0.754 bits per heavy atom. The number of fused-ring (bicyclic) bond motifs is 2. The number of nitrogen functional groups attached to an aromatic ring is 1. The molecule has 122 heavy (non-hydrogen) atoms. The van der Waals surface area contributed by atoms with Crippen LogP contribution in [0.2, 0.25) is 30.1 Å². The first-order valence-electron chi connectivity index (χ1n) is 35.7.